The number of aliphatic hydroxyl groups excluding tert-OH is 1. The van der Waals surface area contributed by atoms with Crippen LogP contribution in [0.25, 0.3) is 0 Å². The van der Waals surface area contributed by atoms with Crippen molar-refractivity contribution >= 4 is 17.9 Å². The molecule has 0 aliphatic heterocycles. The fraction of sp³-hybridized carbons (Fsp3) is 0.317. The van der Waals surface area contributed by atoms with Gasteiger partial charge in [-0.2, -0.15) is 0 Å². The maximum Gasteiger partial charge on any atom is 0.407 e. The molecule has 0 saturated heterocycles. The Balaban J connectivity index is 1.49. The highest BCUT2D eigenvalue weighted by Crippen LogP contribution is 2.32. The second-order valence-corrected chi connectivity index (χ2v) is 14.1. The molecule has 11 nitrogen and oxygen atoms in total. The monoisotopic (exact) mass is 703 g/mol. The number of hydrazine groups is 1. The van der Waals surface area contributed by atoms with E-state index in [2.05, 4.69) is 32.9 Å². The zero-order valence-electron chi connectivity index (χ0n) is 29.8. The van der Waals surface area contributed by atoms with Crippen molar-refractivity contribution in [3.63, 3.8) is 0 Å². The van der Waals surface area contributed by atoms with Gasteiger partial charge < -0.3 is 25.6 Å². The lowest BCUT2D eigenvalue weighted by Crippen LogP contribution is -2.62. The van der Waals surface area contributed by atoms with Crippen molar-refractivity contribution < 1.29 is 29.3 Å². The Morgan fingerprint density at radius 3 is 2.35 bits per heavy atom. The first kappa shape index (κ1) is 37.7. The molecule has 0 radical (unpaired) electrons. The average Bonchev–Trinajstić information content (AvgIpc) is 3.44. The lowest BCUT2D eigenvalue weighted by Gasteiger charge is -2.37. The topological polar surface area (TPSA) is 153 Å². The van der Waals surface area contributed by atoms with Crippen molar-refractivity contribution in [1.82, 2.24) is 26.1 Å². The smallest absolute Gasteiger partial charge is 0.407 e. The van der Waals surface area contributed by atoms with Crippen LogP contribution in [-0.4, -0.2) is 69.5 Å². The normalized spacial score (nSPS) is 16.8. The number of alkyl carbamates (subject to hydrolysis) is 1. The molecule has 0 fully saturated rings. The van der Waals surface area contributed by atoms with Gasteiger partial charge in [0.15, 0.2) is 5.60 Å². The fourth-order valence-corrected chi connectivity index (χ4v) is 6.24. The molecule has 4 aromatic rings. The van der Waals surface area contributed by atoms with E-state index in [1.165, 1.54) is 12.1 Å². The maximum absolute atomic E-state index is 14.3. The molecule has 1 aliphatic rings. The Kier molecular flexibility index (Phi) is 12.1. The Morgan fingerprint density at radius 2 is 1.63 bits per heavy atom. The van der Waals surface area contributed by atoms with Gasteiger partial charge in [-0.05, 0) is 51.9 Å². The van der Waals surface area contributed by atoms with E-state index in [-0.39, 0.29) is 19.5 Å². The third-order valence-electron chi connectivity index (χ3n) is 8.86. The second-order valence-electron chi connectivity index (χ2n) is 14.1. The number of amides is 3. The molecule has 1 aromatic heterocycles. The number of rotatable bonds is 11. The number of pyridine rings is 1. The molecule has 3 aromatic carbocycles. The molecule has 0 saturated carbocycles. The van der Waals surface area contributed by atoms with E-state index in [4.69, 9.17) is 4.74 Å². The van der Waals surface area contributed by atoms with Gasteiger partial charge in [0.25, 0.3) is 11.8 Å². The van der Waals surface area contributed by atoms with Gasteiger partial charge in [-0.25, -0.2) is 9.80 Å². The third kappa shape index (κ3) is 9.82. The Morgan fingerprint density at radius 1 is 0.942 bits per heavy atom. The average molecular weight is 704 g/mol. The number of nitrogens with one attached hydrogen (secondary N) is 3. The van der Waals surface area contributed by atoms with Gasteiger partial charge in [0.1, 0.15) is 6.04 Å². The number of carbonyl (C=O) groups excluding carboxylic acids is 3. The number of carbonyl (C=O) groups is 3. The van der Waals surface area contributed by atoms with Crippen LogP contribution in [0.2, 0.25) is 0 Å². The molecule has 5 N–H and O–H groups in total. The molecule has 11 heteroatoms. The molecule has 0 bridgehead atoms. The lowest BCUT2D eigenvalue weighted by molar-refractivity contribution is -0.147. The van der Waals surface area contributed by atoms with Crippen LogP contribution in [0.1, 0.15) is 60.2 Å². The van der Waals surface area contributed by atoms with E-state index >= 15 is 0 Å². The molecule has 0 spiro atoms. The molecular weight excluding hydrogens is 658 g/mol. The zero-order chi connectivity index (χ0) is 37.3. The molecule has 4 atom stereocenters. The summed E-state index contributed by atoms with van der Waals surface area (Å²) in [7, 11) is 1.21. The number of aliphatic hydroxyl groups is 2. The van der Waals surface area contributed by atoms with Crippen molar-refractivity contribution in [1.29, 1.82) is 0 Å². The van der Waals surface area contributed by atoms with Gasteiger partial charge in [0.05, 0.1) is 25.8 Å². The van der Waals surface area contributed by atoms with Crippen LogP contribution in [-0.2, 0) is 33.7 Å². The molecule has 1 aliphatic carbocycles. The van der Waals surface area contributed by atoms with Crippen molar-refractivity contribution in [3.05, 3.63) is 137 Å². The van der Waals surface area contributed by atoms with Crippen LogP contribution in [0, 0.1) is 17.3 Å². The van der Waals surface area contributed by atoms with E-state index in [0.29, 0.717) is 17.5 Å². The number of methoxy groups -OCH3 is 1. The summed E-state index contributed by atoms with van der Waals surface area (Å²) in [5.41, 5.74) is 4.61. The number of ether oxygens (including phenoxy) is 1. The van der Waals surface area contributed by atoms with Crippen LogP contribution < -0.4 is 16.1 Å². The summed E-state index contributed by atoms with van der Waals surface area (Å²) >= 11 is 0. The quantitative estimate of drug-likeness (QED) is 0.117. The largest absolute Gasteiger partial charge is 0.453 e. The zero-order valence-corrected chi connectivity index (χ0v) is 29.8. The first-order chi connectivity index (χ1) is 24.8. The summed E-state index contributed by atoms with van der Waals surface area (Å²) in [6, 6.07) is 25.8. The minimum Gasteiger partial charge on any atom is -0.453 e. The maximum atomic E-state index is 14.3. The van der Waals surface area contributed by atoms with Gasteiger partial charge in [-0.1, -0.05) is 99.3 Å². The minimum atomic E-state index is -2.10. The van der Waals surface area contributed by atoms with Gasteiger partial charge in [-0.15, -0.1) is 0 Å². The summed E-state index contributed by atoms with van der Waals surface area (Å²) in [5, 5.41) is 30.4. The summed E-state index contributed by atoms with van der Waals surface area (Å²) in [6.07, 6.45) is 1.94. The van der Waals surface area contributed by atoms with Gasteiger partial charge in [0, 0.05) is 42.9 Å². The van der Waals surface area contributed by atoms with Crippen molar-refractivity contribution in [2.75, 3.05) is 13.7 Å². The van der Waals surface area contributed by atoms with Crippen LogP contribution in [0.15, 0.2) is 103 Å². The van der Waals surface area contributed by atoms with Gasteiger partial charge in [0.2, 0.25) is 0 Å². The summed E-state index contributed by atoms with van der Waals surface area (Å²) < 4.78 is 4.80. The number of benzene rings is 3. The molecule has 270 valence electrons. The first-order valence-corrected chi connectivity index (χ1v) is 17.1. The predicted octanol–water partition coefficient (Wildman–Crippen LogP) is 3.83. The molecule has 5 rings (SSSR count). The number of nitrogens with zero attached hydrogens (tertiary/aromatic N) is 2. The van der Waals surface area contributed by atoms with E-state index in [0.717, 1.165) is 22.3 Å². The molecule has 3 amide bonds. The number of fused-ring (bicyclic) bond motifs is 1. The molecule has 52 heavy (non-hydrogen) atoms. The van der Waals surface area contributed by atoms with E-state index in [9.17, 15) is 24.6 Å². The predicted molar refractivity (Wildman–Crippen MR) is 196 cm³/mol. The van der Waals surface area contributed by atoms with E-state index in [1.807, 2.05) is 72.8 Å². The van der Waals surface area contributed by atoms with Crippen molar-refractivity contribution in [2.24, 2.45) is 5.41 Å². The summed E-state index contributed by atoms with van der Waals surface area (Å²) in [6.45, 7) is 5.09. The fourth-order valence-electron chi connectivity index (χ4n) is 6.24. The van der Waals surface area contributed by atoms with Crippen LogP contribution in [0.4, 0.5) is 4.79 Å². The number of aromatic nitrogens is 1. The van der Waals surface area contributed by atoms with Crippen molar-refractivity contribution in [2.45, 2.75) is 63.9 Å². The molecule has 1 heterocycles. The SMILES string of the molecule is COC(=O)N[C@H](C(=O)NN(Cc1cccc(C#Cc2cccnc2)c1)C[C@@](O)(Cc1ccccc1)C(=O)N[C@H]1c2ccccc2C[C@H]1O)C(C)(C)C. The van der Waals surface area contributed by atoms with E-state index in [1.54, 1.807) is 51.4 Å². The Labute approximate surface area is 304 Å². The molecular formula is C41H45N5O6. The Hall–Kier alpha value is -5.54. The number of hydrogen-bond acceptors (Lipinski definition) is 8. The third-order valence-corrected chi connectivity index (χ3v) is 8.86. The van der Waals surface area contributed by atoms with Crippen LogP contribution >= 0.6 is 0 Å². The standard InChI is InChI=1S/C41H45N5O6/c1-40(2,3)36(44-39(50)52-4)37(48)45-46(26-31-15-10-14-28(22-31)19-20-30-16-11-21-42-25-30)27-41(51,24-29-12-6-5-7-13-29)38(49)43-35-33-18-9-8-17-32(33)23-34(35)47/h5-18,21-22,25,34-36,47,51H,23-24,26-27H2,1-4H3,(H,43,49)(H,44,50)(H,45,48)/t34-,35+,36-,41+/m1/s1. The van der Waals surface area contributed by atoms with Crippen molar-refractivity contribution in [3.8, 4) is 11.8 Å². The Bertz CT molecular complexity index is 1920. The highest BCUT2D eigenvalue weighted by atomic mass is 16.5. The second kappa shape index (κ2) is 16.7. The van der Waals surface area contributed by atoms with Crippen LogP contribution in [0.3, 0.4) is 0 Å². The molecule has 0 unspecified atom stereocenters. The number of hydrogen-bond donors (Lipinski definition) is 5. The van der Waals surface area contributed by atoms with Gasteiger partial charge in [-0.3, -0.25) is 20.0 Å². The summed E-state index contributed by atoms with van der Waals surface area (Å²) in [5.74, 6) is 4.94. The first-order valence-electron chi connectivity index (χ1n) is 17.1. The minimum absolute atomic E-state index is 0.0580. The van der Waals surface area contributed by atoms with E-state index < -0.39 is 47.1 Å². The van der Waals surface area contributed by atoms with Crippen LogP contribution in [0.5, 0.6) is 0 Å². The summed E-state index contributed by atoms with van der Waals surface area (Å²) in [4.78, 5) is 44.7. The lowest BCUT2D eigenvalue weighted by atomic mass is 9.86. The van der Waals surface area contributed by atoms with Gasteiger partial charge >= 0.3 is 6.09 Å². The highest BCUT2D eigenvalue weighted by Gasteiger charge is 2.43. The highest BCUT2D eigenvalue weighted by molar-refractivity contribution is 5.87.